The molecule has 1 aromatic heterocycles. The Kier molecular flexibility index (Phi) is 6.25. The molecular weight excluding hydrogens is 417 g/mol. The molecule has 172 valence electrons. The van der Waals surface area contributed by atoms with Gasteiger partial charge < -0.3 is 19.3 Å². The Morgan fingerprint density at radius 2 is 1.90 bits per heavy atom. The number of anilines is 2. The Bertz CT molecular complexity index is 869. The molecule has 0 saturated carbocycles. The van der Waals surface area contributed by atoms with Gasteiger partial charge in [0.15, 0.2) is 5.78 Å². The first-order valence-corrected chi connectivity index (χ1v) is 10.7. The average molecular weight is 444 g/mol. The summed E-state index contributed by atoms with van der Waals surface area (Å²) in [6.45, 7) is 3.61. The third-order valence-corrected chi connectivity index (χ3v) is 6.28. The quantitative estimate of drug-likeness (QED) is 0.698. The van der Waals surface area contributed by atoms with Crippen molar-refractivity contribution in [1.29, 1.82) is 0 Å². The number of ketones is 1. The number of ether oxygens (including phenoxy) is 2. The Hall–Kier alpha value is -2.14. The Morgan fingerprint density at radius 3 is 2.58 bits per heavy atom. The highest BCUT2D eigenvalue weighted by Gasteiger charge is 2.47. The number of alkyl halides is 3. The SMILES string of the molecule is C[C@@H]1COCCN1c1cc(=O)n2c(n1)N(CC(=O)C1CCOCC1)[C@H](C(F)(F)F)CC2. The molecule has 0 N–H and O–H groups in total. The maximum atomic E-state index is 13.9. The van der Waals surface area contributed by atoms with Gasteiger partial charge >= 0.3 is 6.18 Å². The minimum atomic E-state index is -4.54. The number of hydrogen-bond donors (Lipinski definition) is 0. The summed E-state index contributed by atoms with van der Waals surface area (Å²) in [6.07, 6.45) is -3.85. The molecular formula is C20H27F3N4O4. The second kappa shape index (κ2) is 8.78. The fraction of sp³-hybridized carbons (Fsp3) is 0.750. The lowest BCUT2D eigenvalue weighted by Crippen LogP contribution is -2.55. The summed E-state index contributed by atoms with van der Waals surface area (Å²) in [7, 11) is 0. The highest BCUT2D eigenvalue weighted by Crippen LogP contribution is 2.35. The van der Waals surface area contributed by atoms with E-state index in [-0.39, 0.29) is 36.7 Å². The number of carbonyl (C=O) groups is 1. The molecule has 0 bridgehead atoms. The number of morpholine rings is 1. The zero-order chi connectivity index (χ0) is 22.2. The first-order chi connectivity index (χ1) is 14.8. The normalized spacial score (nSPS) is 25.4. The molecule has 11 heteroatoms. The van der Waals surface area contributed by atoms with E-state index in [1.807, 2.05) is 11.8 Å². The standard InChI is InChI=1S/C20H27F3N4O4/c1-13-12-31-9-6-25(13)17-10-18(29)26-5-2-16(20(21,22)23)27(19(26)24-17)11-15(28)14-3-7-30-8-4-14/h10,13-14,16H,2-9,11-12H2,1H3/t13-,16+/m1/s1. The third-order valence-electron chi connectivity index (χ3n) is 6.28. The maximum absolute atomic E-state index is 13.9. The second-order valence-corrected chi connectivity index (χ2v) is 8.35. The molecule has 0 spiro atoms. The van der Waals surface area contributed by atoms with Gasteiger partial charge in [0.2, 0.25) is 5.95 Å². The van der Waals surface area contributed by atoms with Gasteiger partial charge in [-0.3, -0.25) is 14.2 Å². The van der Waals surface area contributed by atoms with Gasteiger partial charge in [-0.05, 0) is 26.2 Å². The van der Waals surface area contributed by atoms with E-state index < -0.39 is 24.3 Å². The number of Topliss-reactive ketones (excluding diaryl/α,β-unsaturated/α-hetero) is 1. The maximum Gasteiger partial charge on any atom is 0.408 e. The van der Waals surface area contributed by atoms with Crippen LogP contribution in [0.1, 0.15) is 26.2 Å². The van der Waals surface area contributed by atoms with Crippen LogP contribution in [0.15, 0.2) is 10.9 Å². The van der Waals surface area contributed by atoms with Crippen molar-refractivity contribution >= 4 is 17.5 Å². The molecule has 4 rings (SSSR count). The molecule has 4 heterocycles. The van der Waals surface area contributed by atoms with E-state index in [0.717, 1.165) is 4.90 Å². The topological polar surface area (TPSA) is 76.9 Å². The largest absolute Gasteiger partial charge is 0.408 e. The van der Waals surface area contributed by atoms with Crippen molar-refractivity contribution in [2.24, 2.45) is 5.92 Å². The molecule has 2 saturated heterocycles. The summed E-state index contributed by atoms with van der Waals surface area (Å²) in [6, 6.07) is -0.568. The molecule has 2 atom stereocenters. The minimum Gasteiger partial charge on any atom is -0.381 e. The predicted octanol–water partition coefficient (Wildman–Crippen LogP) is 1.61. The molecule has 0 aromatic carbocycles. The van der Waals surface area contributed by atoms with E-state index in [1.165, 1.54) is 10.6 Å². The molecule has 2 fully saturated rings. The molecule has 31 heavy (non-hydrogen) atoms. The summed E-state index contributed by atoms with van der Waals surface area (Å²) in [5, 5.41) is 0. The molecule has 0 unspecified atom stereocenters. The smallest absolute Gasteiger partial charge is 0.381 e. The van der Waals surface area contributed by atoms with E-state index in [4.69, 9.17) is 9.47 Å². The van der Waals surface area contributed by atoms with Crippen molar-refractivity contribution < 1.29 is 27.4 Å². The van der Waals surface area contributed by atoms with Gasteiger partial charge in [-0.1, -0.05) is 0 Å². The van der Waals surface area contributed by atoms with Crippen LogP contribution in [0, 0.1) is 5.92 Å². The lowest BCUT2D eigenvalue weighted by Gasteiger charge is -2.40. The van der Waals surface area contributed by atoms with Gasteiger partial charge in [-0.25, -0.2) is 0 Å². The van der Waals surface area contributed by atoms with E-state index in [1.54, 1.807) is 0 Å². The van der Waals surface area contributed by atoms with Gasteiger partial charge in [0, 0.05) is 38.3 Å². The first kappa shape index (κ1) is 22.1. The van der Waals surface area contributed by atoms with Crippen LogP contribution >= 0.6 is 0 Å². The average Bonchev–Trinajstić information content (AvgIpc) is 2.74. The number of carbonyl (C=O) groups excluding carboxylic acids is 1. The summed E-state index contributed by atoms with van der Waals surface area (Å²) in [4.78, 5) is 33.0. The van der Waals surface area contributed by atoms with Gasteiger partial charge in [-0.2, -0.15) is 18.2 Å². The number of aromatic nitrogens is 2. The Balaban J connectivity index is 1.70. The lowest BCUT2D eigenvalue weighted by molar-refractivity contribution is -0.153. The number of halogens is 3. The van der Waals surface area contributed by atoms with Crippen molar-refractivity contribution in [2.45, 2.75) is 51.0 Å². The predicted molar refractivity (Wildman–Crippen MR) is 106 cm³/mol. The second-order valence-electron chi connectivity index (χ2n) is 8.35. The lowest BCUT2D eigenvalue weighted by atomic mass is 9.94. The highest BCUT2D eigenvalue weighted by atomic mass is 19.4. The number of hydrogen-bond acceptors (Lipinski definition) is 7. The van der Waals surface area contributed by atoms with Crippen LogP contribution in [0.25, 0.3) is 0 Å². The van der Waals surface area contributed by atoms with E-state index in [9.17, 15) is 22.8 Å². The van der Waals surface area contributed by atoms with E-state index >= 15 is 0 Å². The van der Waals surface area contributed by atoms with Crippen molar-refractivity contribution in [2.75, 3.05) is 49.3 Å². The number of fused-ring (bicyclic) bond motifs is 1. The fourth-order valence-corrected chi connectivity index (χ4v) is 4.51. The fourth-order valence-electron chi connectivity index (χ4n) is 4.51. The van der Waals surface area contributed by atoms with Crippen LogP contribution in [0.5, 0.6) is 0 Å². The number of nitrogens with zero attached hydrogens (tertiary/aromatic N) is 4. The van der Waals surface area contributed by atoms with Crippen LogP contribution in [0.2, 0.25) is 0 Å². The summed E-state index contributed by atoms with van der Waals surface area (Å²) in [5.74, 6) is -0.383. The van der Waals surface area contributed by atoms with Crippen LogP contribution in [0.3, 0.4) is 0 Å². The van der Waals surface area contributed by atoms with Gasteiger partial charge in [0.1, 0.15) is 11.9 Å². The Morgan fingerprint density at radius 1 is 1.16 bits per heavy atom. The summed E-state index contributed by atoms with van der Waals surface area (Å²) in [5.41, 5.74) is -0.414. The molecule has 0 aliphatic carbocycles. The van der Waals surface area contributed by atoms with E-state index in [0.29, 0.717) is 51.6 Å². The molecule has 8 nitrogen and oxygen atoms in total. The minimum absolute atomic E-state index is 0.0666. The van der Waals surface area contributed by atoms with Crippen molar-refractivity contribution in [3.05, 3.63) is 16.4 Å². The van der Waals surface area contributed by atoms with Crippen molar-refractivity contribution in [1.82, 2.24) is 9.55 Å². The Labute approximate surface area is 177 Å². The molecule has 3 aliphatic heterocycles. The monoisotopic (exact) mass is 444 g/mol. The first-order valence-electron chi connectivity index (χ1n) is 10.7. The zero-order valence-electron chi connectivity index (χ0n) is 17.4. The van der Waals surface area contributed by atoms with Crippen molar-refractivity contribution in [3.8, 4) is 0 Å². The molecule has 1 aromatic rings. The molecule has 0 radical (unpaired) electrons. The van der Waals surface area contributed by atoms with Crippen molar-refractivity contribution in [3.63, 3.8) is 0 Å². The van der Waals surface area contributed by atoms with Gasteiger partial charge in [-0.15, -0.1) is 0 Å². The van der Waals surface area contributed by atoms with Crippen LogP contribution in [0.4, 0.5) is 24.9 Å². The zero-order valence-corrected chi connectivity index (χ0v) is 17.4. The third kappa shape index (κ3) is 4.57. The van der Waals surface area contributed by atoms with E-state index in [2.05, 4.69) is 4.98 Å². The van der Waals surface area contributed by atoms with Crippen LogP contribution < -0.4 is 15.4 Å². The molecule has 3 aliphatic rings. The van der Waals surface area contributed by atoms with Gasteiger partial charge in [0.25, 0.3) is 5.56 Å². The summed E-state index contributed by atoms with van der Waals surface area (Å²) < 4.78 is 53.6. The summed E-state index contributed by atoms with van der Waals surface area (Å²) >= 11 is 0. The molecule has 0 amide bonds. The van der Waals surface area contributed by atoms with Gasteiger partial charge in [0.05, 0.1) is 25.8 Å². The highest BCUT2D eigenvalue weighted by molar-refractivity contribution is 5.85. The van der Waals surface area contributed by atoms with Crippen LogP contribution in [-0.2, 0) is 20.8 Å². The van der Waals surface area contributed by atoms with Crippen LogP contribution in [-0.4, -0.2) is 73.1 Å². The number of rotatable bonds is 4.